The normalized spacial score (nSPS) is 10.9. The van der Waals surface area contributed by atoms with E-state index in [1.165, 1.54) is 0 Å². The van der Waals surface area contributed by atoms with Crippen LogP contribution in [0.3, 0.4) is 0 Å². The lowest BCUT2D eigenvalue weighted by atomic mass is 10.2. The summed E-state index contributed by atoms with van der Waals surface area (Å²) in [4.78, 5) is 4.14. The number of aliphatic hydroxyl groups is 1. The van der Waals surface area contributed by atoms with Gasteiger partial charge in [0, 0.05) is 24.9 Å². The van der Waals surface area contributed by atoms with Crippen LogP contribution in [0.5, 0.6) is 5.75 Å². The van der Waals surface area contributed by atoms with Crippen molar-refractivity contribution in [2.45, 2.75) is 12.8 Å². The van der Waals surface area contributed by atoms with Crippen molar-refractivity contribution in [1.29, 1.82) is 0 Å². The van der Waals surface area contributed by atoms with Crippen LogP contribution in [0.25, 0.3) is 0 Å². The van der Waals surface area contributed by atoms with Crippen LogP contribution in [0.15, 0.2) is 29.3 Å². The molecule has 0 saturated heterocycles. The zero-order valence-electron chi connectivity index (χ0n) is 8.06. The van der Waals surface area contributed by atoms with Crippen LogP contribution in [0, 0.1) is 0 Å². The van der Waals surface area contributed by atoms with Crippen molar-refractivity contribution in [3.8, 4) is 5.75 Å². The SMILES string of the molecule is OCCCCN=Cc1ccccc1O. The van der Waals surface area contributed by atoms with E-state index in [-0.39, 0.29) is 12.4 Å². The summed E-state index contributed by atoms with van der Waals surface area (Å²) in [5, 5.41) is 17.9. The van der Waals surface area contributed by atoms with E-state index in [9.17, 15) is 5.11 Å². The molecule has 3 nitrogen and oxygen atoms in total. The maximum Gasteiger partial charge on any atom is 0.124 e. The van der Waals surface area contributed by atoms with Gasteiger partial charge in [-0.2, -0.15) is 0 Å². The van der Waals surface area contributed by atoms with E-state index in [2.05, 4.69) is 4.99 Å². The van der Waals surface area contributed by atoms with Crippen LogP contribution >= 0.6 is 0 Å². The van der Waals surface area contributed by atoms with Crippen molar-refractivity contribution in [3.63, 3.8) is 0 Å². The minimum Gasteiger partial charge on any atom is -0.507 e. The van der Waals surface area contributed by atoms with E-state index >= 15 is 0 Å². The third-order valence-corrected chi connectivity index (χ3v) is 1.86. The number of aliphatic imine (C=N–C) groups is 1. The summed E-state index contributed by atoms with van der Waals surface area (Å²) in [7, 11) is 0. The maximum absolute atomic E-state index is 9.38. The van der Waals surface area contributed by atoms with Gasteiger partial charge in [0.05, 0.1) is 0 Å². The van der Waals surface area contributed by atoms with E-state index in [1.807, 2.05) is 12.1 Å². The van der Waals surface area contributed by atoms with Gasteiger partial charge in [0.15, 0.2) is 0 Å². The highest BCUT2D eigenvalue weighted by molar-refractivity contribution is 5.83. The highest BCUT2D eigenvalue weighted by atomic mass is 16.3. The largest absolute Gasteiger partial charge is 0.507 e. The Kier molecular flexibility index (Phi) is 4.72. The number of phenolic OH excluding ortho intramolecular Hbond substituents is 1. The quantitative estimate of drug-likeness (QED) is 0.551. The van der Waals surface area contributed by atoms with E-state index in [0.29, 0.717) is 6.54 Å². The standard InChI is InChI=1S/C11H15NO2/c13-8-4-3-7-12-9-10-5-1-2-6-11(10)14/h1-2,5-6,9,13-14H,3-4,7-8H2. The Labute approximate surface area is 83.7 Å². The van der Waals surface area contributed by atoms with Crippen molar-refractivity contribution in [1.82, 2.24) is 0 Å². The molecule has 1 aromatic carbocycles. The lowest BCUT2D eigenvalue weighted by Crippen LogP contribution is -1.88. The second-order valence-corrected chi connectivity index (χ2v) is 3.02. The number of para-hydroxylation sites is 1. The number of hydrogen-bond acceptors (Lipinski definition) is 3. The molecule has 0 bridgehead atoms. The molecule has 0 heterocycles. The maximum atomic E-state index is 9.38. The molecule has 76 valence electrons. The van der Waals surface area contributed by atoms with Crippen molar-refractivity contribution in [2.24, 2.45) is 4.99 Å². The Morgan fingerprint density at radius 2 is 2.00 bits per heavy atom. The molecule has 0 fully saturated rings. The molecule has 3 heteroatoms. The number of benzene rings is 1. The summed E-state index contributed by atoms with van der Waals surface area (Å²) in [6.45, 7) is 0.904. The minimum atomic E-state index is 0.214. The van der Waals surface area contributed by atoms with Gasteiger partial charge in [-0.25, -0.2) is 0 Å². The smallest absolute Gasteiger partial charge is 0.124 e. The van der Waals surface area contributed by atoms with Crippen LogP contribution in [0.4, 0.5) is 0 Å². The van der Waals surface area contributed by atoms with Crippen LogP contribution < -0.4 is 0 Å². The summed E-state index contributed by atoms with van der Waals surface area (Å²) in [5.74, 6) is 0.249. The Bertz CT molecular complexity index is 297. The zero-order chi connectivity index (χ0) is 10.2. The molecular formula is C11H15NO2. The van der Waals surface area contributed by atoms with Crippen molar-refractivity contribution in [2.75, 3.05) is 13.2 Å². The number of rotatable bonds is 5. The van der Waals surface area contributed by atoms with Gasteiger partial charge in [0.1, 0.15) is 5.75 Å². The van der Waals surface area contributed by atoms with Crippen molar-refractivity contribution >= 4 is 6.21 Å². The summed E-state index contributed by atoms with van der Waals surface area (Å²) >= 11 is 0. The summed E-state index contributed by atoms with van der Waals surface area (Å²) in [6, 6.07) is 7.08. The van der Waals surface area contributed by atoms with E-state index < -0.39 is 0 Å². The Morgan fingerprint density at radius 1 is 1.21 bits per heavy atom. The van der Waals surface area contributed by atoms with Crippen LogP contribution in [-0.2, 0) is 0 Å². The number of aliphatic hydroxyl groups excluding tert-OH is 1. The summed E-state index contributed by atoms with van der Waals surface area (Å²) < 4.78 is 0. The van der Waals surface area contributed by atoms with Crippen LogP contribution in [0.2, 0.25) is 0 Å². The Hall–Kier alpha value is -1.35. The number of hydrogen-bond donors (Lipinski definition) is 2. The topological polar surface area (TPSA) is 52.8 Å². The molecule has 1 rings (SSSR count). The number of nitrogens with zero attached hydrogens (tertiary/aromatic N) is 1. The van der Waals surface area contributed by atoms with E-state index in [0.717, 1.165) is 18.4 Å². The number of aromatic hydroxyl groups is 1. The molecule has 1 aromatic rings. The number of phenols is 1. The average molecular weight is 193 g/mol. The highest BCUT2D eigenvalue weighted by Crippen LogP contribution is 2.12. The van der Waals surface area contributed by atoms with Gasteiger partial charge in [-0.1, -0.05) is 12.1 Å². The van der Waals surface area contributed by atoms with Crippen LogP contribution in [-0.4, -0.2) is 29.6 Å². The molecule has 0 aromatic heterocycles. The average Bonchev–Trinajstić information content (AvgIpc) is 2.20. The fourth-order valence-corrected chi connectivity index (χ4v) is 1.07. The monoisotopic (exact) mass is 193 g/mol. The molecule has 0 spiro atoms. The fraction of sp³-hybridized carbons (Fsp3) is 0.364. The molecule has 0 unspecified atom stereocenters. The Balaban J connectivity index is 2.40. The molecule has 0 atom stereocenters. The molecular weight excluding hydrogens is 178 g/mol. The predicted molar refractivity (Wildman–Crippen MR) is 56.9 cm³/mol. The van der Waals surface area contributed by atoms with Crippen molar-refractivity contribution in [3.05, 3.63) is 29.8 Å². The summed E-state index contributed by atoms with van der Waals surface area (Å²) in [6.07, 6.45) is 3.31. The van der Waals surface area contributed by atoms with Gasteiger partial charge >= 0.3 is 0 Å². The molecule has 0 aliphatic heterocycles. The summed E-state index contributed by atoms with van der Waals surface area (Å²) in [5.41, 5.74) is 0.733. The number of unbranched alkanes of at least 4 members (excludes halogenated alkanes) is 1. The van der Waals surface area contributed by atoms with Crippen molar-refractivity contribution < 1.29 is 10.2 Å². The molecule has 0 aliphatic rings. The van der Waals surface area contributed by atoms with Gasteiger partial charge in [-0.05, 0) is 25.0 Å². The zero-order valence-corrected chi connectivity index (χ0v) is 8.06. The lowest BCUT2D eigenvalue weighted by molar-refractivity contribution is 0.285. The minimum absolute atomic E-state index is 0.214. The van der Waals surface area contributed by atoms with Crippen LogP contribution in [0.1, 0.15) is 18.4 Å². The third kappa shape index (κ3) is 3.58. The highest BCUT2D eigenvalue weighted by Gasteiger charge is 1.93. The molecule has 2 N–H and O–H groups in total. The molecule has 14 heavy (non-hydrogen) atoms. The fourth-order valence-electron chi connectivity index (χ4n) is 1.07. The predicted octanol–water partition coefficient (Wildman–Crippen LogP) is 1.58. The molecule has 0 radical (unpaired) electrons. The second kappa shape index (κ2) is 6.16. The van der Waals surface area contributed by atoms with E-state index in [4.69, 9.17) is 5.11 Å². The van der Waals surface area contributed by atoms with E-state index in [1.54, 1.807) is 18.3 Å². The first-order chi connectivity index (χ1) is 6.84. The third-order valence-electron chi connectivity index (χ3n) is 1.86. The van der Waals surface area contributed by atoms with Gasteiger partial charge in [0.25, 0.3) is 0 Å². The van der Waals surface area contributed by atoms with Gasteiger partial charge in [0.2, 0.25) is 0 Å². The molecule has 0 amide bonds. The van der Waals surface area contributed by atoms with Gasteiger partial charge in [-0.15, -0.1) is 0 Å². The van der Waals surface area contributed by atoms with Gasteiger partial charge < -0.3 is 10.2 Å². The first kappa shape index (κ1) is 10.7. The molecule has 0 saturated carbocycles. The first-order valence-corrected chi connectivity index (χ1v) is 4.73. The van der Waals surface area contributed by atoms with Gasteiger partial charge in [-0.3, -0.25) is 4.99 Å². The second-order valence-electron chi connectivity index (χ2n) is 3.02. The Morgan fingerprint density at radius 3 is 2.71 bits per heavy atom. The molecule has 0 aliphatic carbocycles. The first-order valence-electron chi connectivity index (χ1n) is 4.73. The lowest BCUT2D eigenvalue weighted by Gasteiger charge is -1.96.